The number of methoxy groups -OCH3 is 1. The summed E-state index contributed by atoms with van der Waals surface area (Å²) in [7, 11) is 1.39. The molecule has 0 radical (unpaired) electrons. The van der Waals surface area contributed by atoms with E-state index >= 15 is 0 Å². The summed E-state index contributed by atoms with van der Waals surface area (Å²) in [6.07, 6.45) is 0.886. The fourth-order valence-electron chi connectivity index (χ4n) is 1.88. The van der Waals surface area contributed by atoms with Crippen molar-refractivity contribution in [3.63, 3.8) is 0 Å². The molecule has 0 spiro atoms. The Morgan fingerprint density at radius 1 is 1.42 bits per heavy atom. The van der Waals surface area contributed by atoms with Crippen molar-refractivity contribution in [3.8, 4) is 11.3 Å². The van der Waals surface area contributed by atoms with Gasteiger partial charge in [-0.3, -0.25) is 4.79 Å². The number of rotatable bonds is 4. The lowest BCUT2D eigenvalue weighted by Crippen LogP contribution is -2.02. The topological polar surface area (TPSA) is 55.0 Å². The first-order chi connectivity index (χ1) is 9.11. The van der Waals surface area contributed by atoms with Crippen LogP contribution in [0.2, 0.25) is 0 Å². The molecule has 1 N–H and O–H groups in total. The van der Waals surface area contributed by atoms with Gasteiger partial charge in [0.25, 0.3) is 0 Å². The third kappa shape index (κ3) is 3.23. The maximum Gasteiger partial charge on any atom is 0.305 e. The number of hydrogen-bond donors (Lipinski definition) is 1. The van der Waals surface area contributed by atoms with E-state index in [1.807, 2.05) is 31.2 Å². The van der Waals surface area contributed by atoms with E-state index in [0.717, 1.165) is 27.2 Å². The van der Waals surface area contributed by atoms with Crippen LogP contribution in [0.3, 0.4) is 0 Å². The van der Waals surface area contributed by atoms with Crippen LogP contribution in [-0.2, 0) is 16.0 Å². The third-order valence-corrected chi connectivity index (χ3v) is 3.55. The summed E-state index contributed by atoms with van der Waals surface area (Å²) in [6.45, 7) is 1.98. The molecule has 1 aromatic heterocycles. The Balaban J connectivity index is 2.22. The monoisotopic (exact) mass is 322 g/mol. The maximum atomic E-state index is 11.1. The van der Waals surface area contributed by atoms with Gasteiger partial charge in [-0.1, -0.05) is 34.1 Å². The van der Waals surface area contributed by atoms with Crippen molar-refractivity contribution in [2.24, 2.45) is 0 Å². The molecule has 0 aliphatic carbocycles. The molecule has 1 aromatic carbocycles. The van der Waals surface area contributed by atoms with Gasteiger partial charge >= 0.3 is 5.97 Å². The summed E-state index contributed by atoms with van der Waals surface area (Å²) < 4.78 is 5.63. The van der Waals surface area contributed by atoms with Gasteiger partial charge in [0.15, 0.2) is 0 Å². The van der Waals surface area contributed by atoms with E-state index in [1.165, 1.54) is 7.11 Å². The average molecular weight is 323 g/mol. The van der Waals surface area contributed by atoms with Crippen LogP contribution in [0.4, 0.5) is 0 Å². The van der Waals surface area contributed by atoms with Crippen molar-refractivity contribution in [2.45, 2.75) is 19.8 Å². The average Bonchev–Trinajstić information content (AvgIpc) is 2.77. The van der Waals surface area contributed by atoms with Gasteiger partial charge in [0, 0.05) is 22.2 Å². The number of ether oxygens (including phenoxy) is 1. The van der Waals surface area contributed by atoms with Crippen molar-refractivity contribution >= 4 is 21.9 Å². The number of carbonyl (C=O) groups excluding carboxylic acids is 1. The summed E-state index contributed by atoms with van der Waals surface area (Å²) in [5.41, 5.74) is 2.94. The molecule has 1 heterocycles. The molecule has 5 heteroatoms. The predicted molar refractivity (Wildman–Crippen MR) is 76.8 cm³/mol. The van der Waals surface area contributed by atoms with E-state index in [1.54, 1.807) is 0 Å². The SMILES string of the molecule is COC(=O)CCc1nc(-c2ccccc2Br)c(C)[nH]1. The molecule has 0 aliphatic rings. The fraction of sp³-hybridized carbons (Fsp3) is 0.286. The van der Waals surface area contributed by atoms with E-state index in [0.29, 0.717) is 12.8 Å². The highest BCUT2D eigenvalue weighted by Gasteiger charge is 2.12. The molecule has 0 unspecified atom stereocenters. The first kappa shape index (κ1) is 13.8. The smallest absolute Gasteiger partial charge is 0.305 e. The Hall–Kier alpha value is -1.62. The van der Waals surface area contributed by atoms with Gasteiger partial charge in [0.1, 0.15) is 5.82 Å². The van der Waals surface area contributed by atoms with Crippen molar-refractivity contribution in [1.82, 2.24) is 9.97 Å². The van der Waals surface area contributed by atoms with Crippen LogP contribution in [0.5, 0.6) is 0 Å². The standard InChI is InChI=1S/C14H15BrN2O2/c1-9-14(10-5-3-4-6-11(10)15)17-12(16-9)7-8-13(18)19-2/h3-6H,7-8H2,1-2H3,(H,16,17). The maximum absolute atomic E-state index is 11.1. The summed E-state index contributed by atoms with van der Waals surface area (Å²) in [4.78, 5) is 18.9. The number of aromatic nitrogens is 2. The Bertz CT molecular complexity index is 593. The molecule has 0 atom stereocenters. The zero-order valence-electron chi connectivity index (χ0n) is 10.9. The second-order valence-electron chi connectivity index (χ2n) is 4.21. The predicted octanol–water partition coefficient (Wildman–Crippen LogP) is 3.25. The van der Waals surface area contributed by atoms with Crippen molar-refractivity contribution < 1.29 is 9.53 Å². The number of aryl methyl sites for hydroxylation is 2. The van der Waals surface area contributed by atoms with E-state index in [-0.39, 0.29) is 5.97 Å². The van der Waals surface area contributed by atoms with E-state index in [2.05, 4.69) is 30.6 Å². The molecule has 0 fully saturated rings. The lowest BCUT2D eigenvalue weighted by molar-refractivity contribution is -0.140. The minimum atomic E-state index is -0.225. The number of benzene rings is 1. The Morgan fingerprint density at radius 2 is 2.16 bits per heavy atom. The van der Waals surface area contributed by atoms with Gasteiger partial charge in [-0.25, -0.2) is 4.98 Å². The molecular weight excluding hydrogens is 308 g/mol. The normalized spacial score (nSPS) is 10.5. The molecule has 0 amide bonds. The Labute approximate surface area is 120 Å². The Morgan fingerprint density at radius 3 is 2.84 bits per heavy atom. The number of H-pyrrole nitrogens is 1. The summed E-state index contributed by atoms with van der Waals surface area (Å²) in [6, 6.07) is 7.94. The lowest BCUT2D eigenvalue weighted by Gasteiger charge is -2.01. The number of halogens is 1. The number of esters is 1. The summed E-state index contributed by atoms with van der Waals surface area (Å²) in [5.74, 6) is 0.574. The lowest BCUT2D eigenvalue weighted by atomic mass is 10.1. The van der Waals surface area contributed by atoms with Gasteiger partial charge in [0.2, 0.25) is 0 Å². The number of imidazole rings is 1. The summed E-state index contributed by atoms with van der Waals surface area (Å²) >= 11 is 3.52. The molecule has 0 aliphatic heterocycles. The second kappa shape index (κ2) is 6.02. The number of nitrogens with zero attached hydrogens (tertiary/aromatic N) is 1. The van der Waals surface area contributed by atoms with Gasteiger partial charge < -0.3 is 9.72 Å². The minimum absolute atomic E-state index is 0.225. The van der Waals surface area contributed by atoms with Gasteiger partial charge in [0.05, 0.1) is 19.2 Å². The molecule has 0 saturated heterocycles. The minimum Gasteiger partial charge on any atom is -0.469 e. The number of carbonyl (C=O) groups is 1. The summed E-state index contributed by atoms with van der Waals surface area (Å²) in [5, 5.41) is 0. The third-order valence-electron chi connectivity index (χ3n) is 2.86. The molecule has 2 aromatic rings. The second-order valence-corrected chi connectivity index (χ2v) is 5.07. The molecule has 100 valence electrons. The molecular formula is C14H15BrN2O2. The van der Waals surface area contributed by atoms with Crippen LogP contribution in [0.1, 0.15) is 17.9 Å². The van der Waals surface area contributed by atoms with Crippen molar-refractivity contribution in [3.05, 3.63) is 40.3 Å². The fourth-order valence-corrected chi connectivity index (χ4v) is 2.35. The van der Waals surface area contributed by atoms with Gasteiger partial charge in [-0.05, 0) is 13.0 Å². The van der Waals surface area contributed by atoms with Gasteiger partial charge in [-0.2, -0.15) is 0 Å². The van der Waals surface area contributed by atoms with Crippen LogP contribution in [0, 0.1) is 6.92 Å². The highest BCUT2D eigenvalue weighted by atomic mass is 79.9. The highest BCUT2D eigenvalue weighted by Crippen LogP contribution is 2.28. The van der Waals surface area contributed by atoms with Crippen LogP contribution >= 0.6 is 15.9 Å². The number of aromatic amines is 1. The molecule has 2 rings (SSSR count). The molecule has 19 heavy (non-hydrogen) atoms. The number of hydrogen-bond acceptors (Lipinski definition) is 3. The van der Waals surface area contributed by atoms with Gasteiger partial charge in [-0.15, -0.1) is 0 Å². The van der Waals surface area contributed by atoms with Crippen LogP contribution in [0.15, 0.2) is 28.7 Å². The van der Waals surface area contributed by atoms with Crippen LogP contribution in [0.25, 0.3) is 11.3 Å². The van der Waals surface area contributed by atoms with Crippen molar-refractivity contribution in [2.75, 3.05) is 7.11 Å². The highest BCUT2D eigenvalue weighted by molar-refractivity contribution is 9.10. The quantitative estimate of drug-likeness (QED) is 0.879. The first-order valence-corrected chi connectivity index (χ1v) is 6.78. The van der Waals surface area contributed by atoms with Crippen LogP contribution in [-0.4, -0.2) is 23.0 Å². The first-order valence-electron chi connectivity index (χ1n) is 5.99. The van der Waals surface area contributed by atoms with Crippen molar-refractivity contribution in [1.29, 1.82) is 0 Å². The number of nitrogens with one attached hydrogen (secondary N) is 1. The zero-order valence-corrected chi connectivity index (χ0v) is 12.5. The molecule has 0 bridgehead atoms. The van der Waals surface area contributed by atoms with E-state index < -0.39 is 0 Å². The van der Waals surface area contributed by atoms with E-state index in [4.69, 9.17) is 0 Å². The molecule has 4 nitrogen and oxygen atoms in total. The largest absolute Gasteiger partial charge is 0.469 e. The Kier molecular flexibility index (Phi) is 4.37. The van der Waals surface area contributed by atoms with E-state index in [9.17, 15) is 4.79 Å². The zero-order chi connectivity index (χ0) is 13.8. The van der Waals surface area contributed by atoms with Crippen LogP contribution < -0.4 is 0 Å². The molecule has 0 saturated carbocycles.